The lowest BCUT2D eigenvalue weighted by molar-refractivity contribution is -0.189. The second-order valence-corrected chi connectivity index (χ2v) is 11.9. The van der Waals surface area contributed by atoms with Crippen molar-refractivity contribution in [3.05, 3.63) is 47.0 Å². The van der Waals surface area contributed by atoms with Crippen molar-refractivity contribution in [3.8, 4) is 5.75 Å². The van der Waals surface area contributed by atoms with E-state index in [-0.39, 0.29) is 16.2 Å². The Morgan fingerprint density at radius 3 is 2.44 bits per heavy atom. The van der Waals surface area contributed by atoms with Gasteiger partial charge in [0.2, 0.25) is 0 Å². The zero-order valence-electron chi connectivity index (χ0n) is 19.3. The predicted molar refractivity (Wildman–Crippen MR) is 133 cm³/mol. The van der Waals surface area contributed by atoms with E-state index in [9.17, 15) is 26.4 Å². The number of ether oxygens (including phenoxy) is 1. The number of hydrogen-bond donors (Lipinski definition) is 0. The van der Waals surface area contributed by atoms with Crippen LogP contribution in [-0.2, 0) is 14.6 Å². The summed E-state index contributed by atoms with van der Waals surface area (Å²) in [4.78, 5) is 20.6. The molecule has 3 aromatic rings. The largest absolute Gasteiger partial charge is 0.481 e. The Bertz CT molecular complexity index is 1370. The molecule has 2 atom stereocenters. The molecule has 0 bridgehead atoms. The number of fused-ring (bicyclic) bond motifs is 1. The Balaban J connectivity index is 1.58. The Kier molecular flexibility index (Phi) is 7.52. The van der Waals surface area contributed by atoms with Crippen LogP contribution in [-0.4, -0.2) is 69.3 Å². The second-order valence-electron chi connectivity index (χ2n) is 8.49. The van der Waals surface area contributed by atoms with Crippen LogP contribution < -0.4 is 9.64 Å². The maximum absolute atomic E-state index is 13.2. The van der Waals surface area contributed by atoms with Gasteiger partial charge in [0.25, 0.3) is 0 Å². The van der Waals surface area contributed by atoms with E-state index in [1.807, 2.05) is 12.1 Å². The molecule has 0 spiro atoms. The van der Waals surface area contributed by atoms with E-state index < -0.39 is 28.2 Å². The summed E-state index contributed by atoms with van der Waals surface area (Å²) in [6.07, 6.45) is -5.18. The van der Waals surface area contributed by atoms with Crippen LogP contribution in [0.3, 0.4) is 0 Å². The van der Waals surface area contributed by atoms with Crippen molar-refractivity contribution in [2.24, 2.45) is 0 Å². The summed E-state index contributed by atoms with van der Waals surface area (Å²) >= 11 is 7.56. The molecule has 1 aromatic heterocycles. The molecule has 4 rings (SSSR count). The van der Waals surface area contributed by atoms with E-state index in [4.69, 9.17) is 16.3 Å². The van der Waals surface area contributed by atoms with Crippen LogP contribution in [0.1, 0.15) is 18.5 Å². The van der Waals surface area contributed by atoms with Crippen LogP contribution in [0.4, 0.5) is 18.3 Å². The van der Waals surface area contributed by atoms with Gasteiger partial charge in [-0.15, -0.1) is 0 Å². The van der Waals surface area contributed by atoms with Crippen molar-refractivity contribution in [2.45, 2.75) is 30.1 Å². The number of piperazine rings is 1. The summed E-state index contributed by atoms with van der Waals surface area (Å²) in [5, 5.41) is 1.42. The number of rotatable bonds is 7. The quantitative estimate of drug-likeness (QED) is 0.385. The van der Waals surface area contributed by atoms with Crippen molar-refractivity contribution in [1.82, 2.24) is 9.88 Å². The van der Waals surface area contributed by atoms with E-state index in [1.54, 1.807) is 11.0 Å². The number of aldehydes is 1. The third-order valence-electron chi connectivity index (χ3n) is 5.94. The number of anilines is 1. The lowest BCUT2D eigenvalue weighted by Crippen LogP contribution is -2.48. The molecular weight excluding hydrogens is 539 g/mol. The summed E-state index contributed by atoms with van der Waals surface area (Å²) in [6.45, 7) is 2.68. The molecule has 194 valence electrons. The molecule has 0 aliphatic carbocycles. The average molecular weight is 562 g/mol. The Morgan fingerprint density at radius 2 is 1.83 bits per heavy atom. The smallest absolute Gasteiger partial charge is 0.425 e. The highest BCUT2D eigenvalue weighted by Gasteiger charge is 2.39. The molecule has 1 aliphatic heterocycles. The molecule has 7 nitrogen and oxygen atoms in total. The first kappa shape index (κ1) is 26.6. The summed E-state index contributed by atoms with van der Waals surface area (Å²) in [7, 11) is -3.67. The second kappa shape index (κ2) is 10.2. The lowest BCUT2D eigenvalue weighted by Gasteiger charge is -2.38. The molecular formula is C23H23ClF3N3O4S2. The highest BCUT2D eigenvalue weighted by molar-refractivity contribution is 7.90. The summed E-state index contributed by atoms with van der Waals surface area (Å²) in [5.74, 6) is -0.185. The number of thiazole rings is 1. The van der Waals surface area contributed by atoms with Gasteiger partial charge in [0, 0.05) is 43.0 Å². The van der Waals surface area contributed by atoms with Gasteiger partial charge in [0.15, 0.2) is 21.1 Å². The van der Waals surface area contributed by atoms with E-state index in [0.29, 0.717) is 37.5 Å². The minimum atomic E-state index is -4.63. The normalized spacial score (nSPS) is 17.2. The molecule has 0 saturated carbocycles. The first-order chi connectivity index (χ1) is 16.9. The molecule has 1 fully saturated rings. The highest BCUT2D eigenvalue weighted by atomic mass is 35.5. The van der Waals surface area contributed by atoms with Gasteiger partial charge >= 0.3 is 6.18 Å². The molecule has 1 unspecified atom stereocenters. The first-order valence-electron chi connectivity index (χ1n) is 10.9. The number of nitrogens with zero attached hydrogens (tertiary/aromatic N) is 3. The molecule has 2 heterocycles. The van der Waals surface area contributed by atoms with E-state index >= 15 is 0 Å². The monoisotopic (exact) mass is 561 g/mol. The first-order valence-corrected chi connectivity index (χ1v) is 14.0. The van der Waals surface area contributed by atoms with Gasteiger partial charge < -0.3 is 14.4 Å². The Hall–Kier alpha value is -2.41. The Morgan fingerprint density at radius 1 is 1.14 bits per heavy atom. The van der Waals surface area contributed by atoms with Crippen molar-refractivity contribution < 1.29 is 31.1 Å². The number of carbonyl (C=O) groups is 1. The number of halogens is 4. The molecule has 2 aromatic carbocycles. The van der Waals surface area contributed by atoms with Gasteiger partial charge in [-0.2, -0.15) is 13.2 Å². The standard InChI is InChI=1S/C23H23ClF3N3O4S2/c1-14(23(25,26)27)34-20-6-4-16(36(2,32)33)12-17(20)19(13-31)29-7-9-30(10-8-29)22-28-18-5-3-15(24)11-21(18)35-22/h3-6,11-14,19H,7-10H2,1-2H3/t14-,19?/m0/s1. The minimum Gasteiger partial charge on any atom is -0.481 e. The van der Waals surface area contributed by atoms with Gasteiger partial charge in [-0.1, -0.05) is 22.9 Å². The minimum absolute atomic E-state index is 0.0760. The zero-order chi connectivity index (χ0) is 26.3. The number of alkyl halides is 3. The van der Waals surface area contributed by atoms with Crippen LogP contribution in [0.15, 0.2) is 41.3 Å². The predicted octanol–water partition coefficient (Wildman–Crippen LogP) is 4.75. The number of benzene rings is 2. The molecule has 36 heavy (non-hydrogen) atoms. The summed E-state index contributed by atoms with van der Waals surface area (Å²) < 4.78 is 69.8. The van der Waals surface area contributed by atoms with Crippen molar-refractivity contribution >= 4 is 54.4 Å². The number of carbonyl (C=O) groups excluding carboxylic acids is 1. The van der Waals surface area contributed by atoms with Crippen molar-refractivity contribution in [2.75, 3.05) is 37.3 Å². The fraction of sp³-hybridized carbons (Fsp3) is 0.391. The molecule has 0 amide bonds. The average Bonchev–Trinajstić information content (AvgIpc) is 3.23. The van der Waals surface area contributed by atoms with Gasteiger partial charge in [-0.25, -0.2) is 13.4 Å². The van der Waals surface area contributed by atoms with Gasteiger partial charge in [0.1, 0.15) is 12.0 Å². The molecule has 0 radical (unpaired) electrons. The fourth-order valence-electron chi connectivity index (χ4n) is 3.92. The van der Waals surface area contributed by atoms with Crippen LogP contribution in [0.2, 0.25) is 5.02 Å². The molecule has 0 N–H and O–H groups in total. The Labute approximate surface area is 215 Å². The van der Waals surface area contributed by atoms with Gasteiger partial charge in [-0.3, -0.25) is 4.90 Å². The zero-order valence-corrected chi connectivity index (χ0v) is 21.7. The van der Waals surface area contributed by atoms with E-state index in [1.165, 1.54) is 29.5 Å². The third kappa shape index (κ3) is 5.77. The summed E-state index contributed by atoms with van der Waals surface area (Å²) in [5.41, 5.74) is 0.901. The van der Waals surface area contributed by atoms with E-state index in [0.717, 1.165) is 28.5 Å². The van der Waals surface area contributed by atoms with Crippen molar-refractivity contribution in [3.63, 3.8) is 0 Å². The fourth-order valence-corrected chi connectivity index (χ4v) is 5.87. The third-order valence-corrected chi connectivity index (χ3v) is 8.36. The number of aromatic nitrogens is 1. The number of sulfone groups is 1. The van der Waals surface area contributed by atoms with Crippen LogP contribution in [0.5, 0.6) is 5.75 Å². The van der Waals surface area contributed by atoms with Crippen LogP contribution >= 0.6 is 22.9 Å². The number of hydrogen-bond acceptors (Lipinski definition) is 8. The SMILES string of the molecule is C[C@H](Oc1ccc(S(C)(=O)=O)cc1C(C=O)N1CCN(c2nc3ccc(Cl)cc3s2)CC1)C(F)(F)F. The van der Waals surface area contributed by atoms with Crippen LogP contribution in [0, 0.1) is 0 Å². The van der Waals surface area contributed by atoms with E-state index in [2.05, 4.69) is 9.88 Å². The molecule has 1 saturated heterocycles. The van der Waals surface area contributed by atoms with Crippen molar-refractivity contribution in [1.29, 1.82) is 0 Å². The van der Waals surface area contributed by atoms with Crippen LogP contribution in [0.25, 0.3) is 10.2 Å². The highest BCUT2D eigenvalue weighted by Crippen LogP contribution is 2.36. The molecule has 1 aliphatic rings. The van der Waals surface area contributed by atoms with Gasteiger partial charge in [0.05, 0.1) is 21.2 Å². The maximum Gasteiger partial charge on any atom is 0.425 e. The molecule has 13 heteroatoms. The summed E-state index contributed by atoms with van der Waals surface area (Å²) in [6, 6.07) is 8.03. The lowest BCUT2D eigenvalue weighted by atomic mass is 10.0. The van der Waals surface area contributed by atoms with Gasteiger partial charge in [-0.05, 0) is 43.3 Å². The topological polar surface area (TPSA) is 79.8 Å². The maximum atomic E-state index is 13.2.